The molecule has 1 amide bonds. The van der Waals surface area contributed by atoms with Crippen LogP contribution in [0.4, 0.5) is 0 Å². The first-order valence-corrected chi connectivity index (χ1v) is 4.42. The Labute approximate surface area is 74.3 Å². The van der Waals surface area contributed by atoms with Gasteiger partial charge in [-0.25, -0.2) is 0 Å². The number of nitrogens with two attached hydrogens (primary N) is 1. The van der Waals surface area contributed by atoms with Gasteiger partial charge in [-0.15, -0.1) is 0 Å². The zero-order chi connectivity index (χ0) is 9.56. The molecule has 0 spiro atoms. The Balaban J connectivity index is 3.31. The molecule has 3 nitrogen and oxygen atoms in total. The number of primary amides is 1. The van der Waals surface area contributed by atoms with Crippen LogP contribution in [0.2, 0.25) is 0 Å². The molecule has 0 saturated heterocycles. The maximum Gasteiger partial charge on any atom is 0.219 e. The van der Waals surface area contributed by atoms with E-state index in [2.05, 4.69) is 13.8 Å². The van der Waals surface area contributed by atoms with Gasteiger partial charge in [-0.3, -0.25) is 4.79 Å². The van der Waals surface area contributed by atoms with Crippen LogP contribution in [0.15, 0.2) is 0 Å². The van der Waals surface area contributed by atoms with Crippen LogP contribution in [0.1, 0.15) is 33.6 Å². The summed E-state index contributed by atoms with van der Waals surface area (Å²) < 4.78 is 5.36. The van der Waals surface area contributed by atoms with Crippen molar-refractivity contribution in [3.63, 3.8) is 0 Å². The molecule has 0 aliphatic rings. The maximum absolute atomic E-state index is 10.3. The van der Waals surface area contributed by atoms with E-state index in [9.17, 15) is 4.79 Å². The molecule has 0 bridgehead atoms. The number of carbonyl (C=O) groups excluding carboxylic acids is 1. The molecule has 0 heterocycles. The fourth-order valence-corrected chi connectivity index (χ4v) is 1.09. The molecule has 0 aromatic carbocycles. The summed E-state index contributed by atoms with van der Waals surface area (Å²) in [6, 6.07) is 0. The molecular formula is C9H19NO2. The van der Waals surface area contributed by atoms with E-state index in [4.69, 9.17) is 10.5 Å². The molecule has 0 rings (SSSR count). The highest BCUT2D eigenvalue weighted by Gasteiger charge is 2.05. The van der Waals surface area contributed by atoms with E-state index in [1.807, 2.05) is 6.92 Å². The number of hydrogen-bond acceptors (Lipinski definition) is 2. The Hall–Kier alpha value is -0.570. The van der Waals surface area contributed by atoms with Crippen LogP contribution in [0.3, 0.4) is 0 Å². The average Bonchev–Trinajstić information content (AvgIpc) is 1.84. The van der Waals surface area contributed by atoms with Crippen LogP contribution in [-0.4, -0.2) is 18.6 Å². The number of amides is 1. The van der Waals surface area contributed by atoms with Crippen molar-refractivity contribution >= 4 is 5.91 Å². The summed E-state index contributed by atoms with van der Waals surface area (Å²) in [6.07, 6.45) is 1.57. The molecular weight excluding hydrogens is 154 g/mol. The van der Waals surface area contributed by atoms with Gasteiger partial charge in [0, 0.05) is 6.42 Å². The van der Waals surface area contributed by atoms with Gasteiger partial charge in [0.15, 0.2) is 0 Å². The van der Waals surface area contributed by atoms with Crippen molar-refractivity contribution in [3.05, 3.63) is 0 Å². The molecule has 0 saturated carbocycles. The molecule has 1 atom stereocenters. The molecule has 0 unspecified atom stereocenters. The van der Waals surface area contributed by atoms with Crippen LogP contribution < -0.4 is 5.73 Å². The third-order valence-electron chi connectivity index (χ3n) is 1.55. The minimum absolute atomic E-state index is 0.226. The smallest absolute Gasteiger partial charge is 0.219 e. The van der Waals surface area contributed by atoms with E-state index in [1.165, 1.54) is 0 Å². The second kappa shape index (κ2) is 6.00. The second-order valence-corrected chi connectivity index (χ2v) is 3.53. The van der Waals surface area contributed by atoms with Crippen LogP contribution in [-0.2, 0) is 9.53 Å². The fourth-order valence-electron chi connectivity index (χ4n) is 1.09. The van der Waals surface area contributed by atoms with Crippen molar-refractivity contribution in [1.29, 1.82) is 0 Å². The SMILES string of the molecule is CC(C)C[C@@H](C)OCCC(N)=O. The lowest BCUT2D eigenvalue weighted by molar-refractivity contribution is -0.119. The molecule has 0 radical (unpaired) electrons. The van der Waals surface area contributed by atoms with Crippen LogP contribution in [0.5, 0.6) is 0 Å². The molecule has 3 heteroatoms. The zero-order valence-electron chi connectivity index (χ0n) is 8.17. The normalized spacial score (nSPS) is 13.3. The Bertz CT molecular complexity index is 134. The number of carbonyl (C=O) groups is 1. The van der Waals surface area contributed by atoms with Crippen molar-refractivity contribution in [2.75, 3.05) is 6.61 Å². The van der Waals surface area contributed by atoms with Gasteiger partial charge in [0.1, 0.15) is 0 Å². The standard InChI is InChI=1S/C9H19NO2/c1-7(2)6-8(3)12-5-4-9(10)11/h7-8H,4-6H2,1-3H3,(H2,10,11)/t8-/m1/s1. The van der Waals surface area contributed by atoms with Crippen LogP contribution >= 0.6 is 0 Å². The first-order valence-electron chi connectivity index (χ1n) is 4.42. The second-order valence-electron chi connectivity index (χ2n) is 3.53. The molecule has 72 valence electrons. The van der Waals surface area contributed by atoms with Gasteiger partial charge in [-0.05, 0) is 19.3 Å². The van der Waals surface area contributed by atoms with Gasteiger partial charge in [0.25, 0.3) is 0 Å². The highest BCUT2D eigenvalue weighted by molar-refractivity contribution is 5.73. The molecule has 0 aliphatic heterocycles. The predicted molar refractivity (Wildman–Crippen MR) is 48.7 cm³/mol. The molecule has 0 aliphatic carbocycles. The largest absolute Gasteiger partial charge is 0.378 e. The molecule has 0 aromatic rings. The number of rotatable bonds is 6. The van der Waals surface area contributed by atoms with Gasteiger partial charge in [-0.1, -0.05) is 13.8 Å². The third-order valence-corrected chi connectivity index (χ3v) is 1.55. The summed E-state index contributed by atoms with van der Waals surface area (Å²) in [5, 5.41) is 0. The van der Waals surface area contributed by atoms with E-state index in [1.54, 1.807) is 0 Å². The van der Waals surface area contributed by atoms with E-state index < -0.39 is 0 Å². The predicted octanol–water partition coefficient (Wildman–Crippen LogP) is 1.31. The lowest BCUT2D eigenvalue weighted by Gasteiger charge is -2.14. The first kappa shape index (κ1) is 11.4. The summed E-state index contributed by atoms with van der Waals surface area (Å²) >= 11 is 0. The van der Waals surface area contributed by atoms with Crippen molar-refractivity contribution in [2.24, 2.45) is 11.7 Å². The zero-order valence-corrected chi connectivity index (χ0v) is 8.17. The monoisotopic (exact) mass is 173 g/mol. The molecule has 12 heavy (non-hydrogen) atoms. The Kier molecular flexibility index (Phi) is 5.72. The molecule has 0 fully saturated rings. The Morgan fingerprint density at radius 3 is 2.42 bits per heavy atom. The fraction of sp³-hybridized carbons (Fsp3) is 0.889. The highest BCUT2D eigenvalue weighted by atomic mass is 16.5. The molecule has 0 aromatic heterocycles. The topological polar surface area (TPSA) is 52.3 Å². The lowest BCUT2D eigenvalue weighted by Crippen LogP contribution is -2.17. The summed E-state index contributed by atoms with van der Waals surface area (Å²) in [6.45, 7) is 6.76. The number of ether oxygens (including phenoxy) is 1. The lowest BCUT2D eigenvalue weighted by atomic mass is 10.1. The third kappa shape index (κ3) is 7.54. The summed E-state index contributed by atoms with van der Waals surface area (Å²) in [7, 11) is 0. The van der Waals surface area contributed by atoms with Crippen LogP contribution in [0.25, 0.3) is 0 Å². The minimum Gasteiger partial charge on any atom is -0.378 e. The first-order chi connectivity index (χ1) is 5.52. The summed E-state index contributed by atoms with van der Waals surface area (Å²) in [5.74, 6) is 0.334. The minimum atomic E-state index is -0.299. The van der Waals surface area contributed by atoms with E-state index in [-0.39, 0.29) is 12.0 Å². The van der Waals surface area contributed by atoms with Gasteiger partial charge in [0.05, 0.1) is 12.7 Å². The highest BCUT2D eigenvalue weighted by Crippen LogP contribution is 2.07. The van der Waals surface area contributed by atoms with Crippen LogP contribution in [0, 0.1) is 5.92 Å². The van der Waals surface area contributed by atoms with Crippen molar-refractivity contribution in [2.45, 2.75) is 39.7 Å². The van der Waals surface area contributed by atoms with E-state index in [0.29, 0.717) is 18.9 Å². The molecule has 2 N–H and O–H groups in total. The van der Waals surface area contributed by atoms with Gasteiger partial charge in [0.2, 0.25) is 5.91 Å². The number of hydrogen-bond donors (Lipinski definition) is 1. The Morgan fingerprint density at radius 1 is 1.42 bits per heavy atom. The van der Waals surface area contributed by atoms with Crippen molar-refractivity contribution < 1.29 is 9.53 Å². The quantitative estimate of drug-likeness (QED) is 0.658. The van der Waals surface area contributed by atoms with Gasteiger partial charge < -0.3 is 10.5 Å². The summed E-state index contributed by atoms with van der Waals surface area (Å²) in [4.78, 5) is 10.3. The van der Waals surface area contributed by atoms with E-state index in [0.717, 1.165) is 6.42 Å². The average molecular weight is 173 g/mol. The maximum atomic E-state index is 10.3. The van der Waals surface area contributed by atoms with Crippen molar-refractivity contribution in [1.82, 2.24) is 0 Å². The van der Waals surface area contributed by atoms with Crippen molar-refractivity contribution in [3.8, 4) is 0 Å². The van der Waals surface area contributed by atoms with Gasteiger partial charge >= 0.3 is 0 Å². The van der Waals surface area contributed by atoms with E-state index >= 15 is 0 Å². The van der Waals surface area contributed by atoms with Gasteiger partial charge in [-0.2, -0.15) is 0 Å². The summed E-state index contributed by atoms with van der Waals surface area (Å²) in [5.41, 5.74) is 4.96. The Morgan fingerprint density at radius 2 is 2.00 bits per heavy atom.